The highest BCUT2D eigenvalue weighted by molar-refractivity contribution is 7.80. The van der Waals surface area contributed by atoms with Crippen molar-refractivity contribution < 1.29 is 4.74 Å². The molecule has 1 aromatic rings. The zero-order valence-corrected chi connectivity index (χ0v) is 12.7. The Balaban J connectivity index is 0.00000289. The molecule has 1 unspecified atom stereocenters. The van der Waals surface area contributed by atoms with Gasteiger partial charge in [0.15, 0.2) is 0 Å². The lowest BCUT2D eigenvalue weighted by Gasteiger charge is -2.09. The second-order valence-electron chi connectivity index (χ2n) is 4.28. The second-order valence-corrected chi connectivity index (χ2v) is 4.65. The van der Waals surface area contributed by atoms with Gasteiger partial charge >= 0.3 is 0 Å². The average molecular weight is 290 g/mol. The van der Waals surface area contributed by atoms with Gasteiger partial charge in [-0.2, -0.15) is 12.6 Å². The Hall–Kier alpha value is -0.380. The number of rotatable bonds is 8. The lowest BCUT2D eigenvalue weighted by molar-refractivity contribution is 0.304. The molecule has 1 aromatic carbocycles. The number of hydrogen-bond acceptors (Lipinski definition) is 3. The van der Waals surface area contributed by atoms with E-state index in [4.69, 9.17) is 10.5 Å². The second kappa shape index (κ2) is 10.5. The minimum Gasteiger partial charge on any atom is -0.494 e. The molecule has 0 aliphatic rings. The van der Waals surface area contributed by atoms with Crippen molar-refractivity contribution in [3.8, 4) is 5.75 Å². The third-order valence-corrected chi connectivity index (χ3v) is 3.27. The van der Waals surface area contributed by atoms with Crippen LogP contribution in [0, 0.1) is 0 Å². The number of hydrogen-bond donors (Lipinski definition) is 2. The summed E-state index contributed by atoms with van der Waals surface area (Å²) in [7, 11) is 0. The van der Waals surface area contributed by atoms with Crippen molar-refractivity contribution in [1.82, 2.24) is 0 Å². The quantitative estimate of drug-likeness (QED) is 0.568. The van der Waals surface area contributed by atoms with Crippen LogP contribution in [0.1, 0.15) is 31.7 Å². The first-order valence-corrected chi connectivity index (χ1v) is 6.97. The van der Waals surface area contributed by atoms with Crippen LogP contribution < -0.4 is 10.5 Å². The van der Waals surface area contributed by atoms with E-state index in [1.165, 1.54) is 5.56 Å². The van der Waals surface area contributed by atoms with Crippen molar-refractivity contribution in [2.24, 2.45) is 5.73 Å². The molecular weight excluding hydrogens is 266 g/mol. The van der Waals surface area contributed by atoms with E-state index >= 15 is 0 Å². The molecule has 0 saturated carbocycles. The highest BCUT2D eigenvalue weighted by Crippen LogP contribution is 2.13. The fourth-order valence-electron chi connectivity index (χ4n) is 1.61. The maximum atomic E-state index is 5.78. The summed E-state index contributed by atoms with van der Waals surface area (Å²) in [6.45, 7) is 2.92. The van der Waals surface area contributed by atoms with Crippen LogP contribution in [-0.4, -0.2) is 18.4 Å². The molecular formula is C14H24ClNOS. The van der Waals surface area contributed by atoms with E-state index in [-0.39, 0.29) is 18.4 Å². The topological polar surface area (TPSA) is 35.2 Å². The molecule has 0 spiro atoms. The van der Waals surface area contributed by atoms with Crippen LogP contribution in [0.2, 0.25) is 0 Å². The predicted octanol–water partition coefficient (Wildman–Crippen LogP) is 3.48. The Morgan fingerprint density at radius 1 is 1.22 bits per heavy atom. The summed E-state index contributed by atoms with van der Waals surface area (Å²) in [5.74, 6) is 1.72. The molecule has 0 radical (unpaired) electrons. The van der Waals surface area contributed by atoms with Crippen LogP contribution >= 0.6 is 25.0 Å². The molecule has 1 atom stereocenters. The Labute approximate surface area is 122 Å². The van der Waals surface area contributed by atoms with Gasteiger partial charge in [-0.05, 0) is 43.4 Å². The Bertz CT molecular complexity index is 305. The van der Waals surface area contributed by atoms with Crippen molar-refractivity contribution in [2.45, 2.75) is 38.6 Å². The highest BCUT2D eigenvalue weighted by Gasteiger charge is 1.99. The van der Waals surface area contributed by atoms with Gasteiger partial charge in [-0.15, -0.1) is 12.4 Å². The van der Waals surface area contributed by atoms with Gasteiger partial charge in [-0.25, -0.2) is 0 Å². The number of thiol groups is 1. The van der Waals surface area contributed by atoms with Gasteiger partial charge in [0.05, 0.1) is 6.61 Å². The number of halogens is 1. The van der Waals surface area contributed by atoms with E-state index in [0.717, 1.165) is 43.8 Å². The van der Waals surface area contributed by atoms with Crippen molar-refractivity contribution in [1.29, 1.82) is 0 Å². The molecule has 0 aliphatic heterocycles. The first kappa shape index (κ1) is 17.6. The summed E-state index contributed by atoms with van der Waals surface area (Å²) >= 11 is 4.16. The molecule has 0 bridgehead atoms. The number of unbranched alkanes of at least 4 members (excludes halogenated alkanes) is 1. The first-order chi connectivity index (χ1) is 8.26. The van der Waals surface area contributed by atoms with Crippen molar-refractivity contribution in [3.05, 3.63) is 29.8 Å². The van der Waals surface area contributed by atoms with Gasteiger partial charge in [0.25, 0.3) is 0 Å². The lowest BCUT2D eigenvalue weighted by Crippen LogP contribution is -2.21. The standard InChI is InChI=1S/C14H23NOS.ClH/c1-2-12-6-8-14(9-7-12)16-10-4-3-5-13(15)11-17;/h6-9,13,17H,2-5,10-11,15H2,1H3;1H. The minimum absolute atomic E-state index is 0. The smallest absolute Gasteiger partial charge is 0.119 e. The Morgan fingerprint density at radius 3 is 2.44 bits per heavy atom. The number of benzene rings is 1. The lowest BCUT2D eigenvalue weighted by atomic mass is 10.1. The zero-order valence-electron chi connectivity index (χ0n) is 11.0. The molecule has 1 rings (SSSR count). The van der Waals surface area contributed by atoms with Crippen LogP contribution in [0.25, 0.3) is 0 Å². The van der Waals surface area contributed by atoms with E-state index in [0.29, 0.717) is 0 Å². The molecule has 4 heteroatoms. The van der Waals surface area contributed by atoms with Crippen LogP contribution in [0.5, 0.6) is 5.75 Å². The normalized spacial score (nSPS) is 11.7. The Kier molecular flexibility index (Phi) is 10.3. The molecule has 0 amide bonds. The van der Waals surface area contributed by atoms with E-state index in [1.807, 2.05) is 12.1 Å². The number of aryl methyl sites for hydroxylation is 1. The number of ether oxygens (including phenoxy) is 1. The SMILES string of the molecule is CCc1ccc(OCCCCC(N)CS)cc1.Cl. The summed E-state index contributed by atoms with van der Waals surface area (Å²) in [5, 5.41) is 0. The third kappa shape index (κ3) is 7.14. The molecule has 2 N–H and O–H groups in total. The summed E-state index contributed by atoms with van der Waals surface area (Å²) in [6.07, 6.45) is 4.26. The van der Waals surface area contributed by atoms with Gasteiger partial charge in [0, 0.05) is 11.8 Å². The summed E-state index contributed by atoms with van der Waals surface area (Å²) in [4.78, 5) is 0. The molecule has 0 aromatic heterocycles. The van der Waals surface area contributed by atoms with Crippen LogP contribution in [0.4, 0.5) is 0 Å². The van der Waals surface area contributed by atoms with Crippen LogP contribution in [-0.2, 0) is 6.42 Å². The van der Waals surface area contributed by atoms with Crippen LogP contribution in [0.3, 0.4) is 0 Å². The van der Waals surface area contributed by atoms with E-state index in [9.17, 15) is 0 Å². The van der Waals surface area contributed by atoms with Crippen molar-refractivity contribution >= 4 is 25.0 Å². The minimum atomic E-state index is 0. The maximum Gasteiger partial charge on any atom is 0.119 e. The highest BCUT2D eigenvalue weighted by atomic mass is 35.5. The summed E-state index contributed by atoms with van der Waals surface area (Å²) in [5.41, 5.74) is 7.13. The molecule has 104 valence electrons. The van der Waals surface area contributed by atoms with Crippen molar-refractivity contribution in [2.75, 3.05) is 12.4 Å². The molecule has 0 saturated heterocycles. The largest absolute Gasteiger partial charge is 0.494 e. The van der Waals surface area contributed by atoms with Gasteiger partial charge < -0.3 is 10.5 Å². The van der Waals surface area contributed by atoms with Gasteiger partial charge in [0.2, 0.25) is 0 Å². The number of nitrogens with two attached hydrogens (primary N) is 1. The zero-order chi connectivity index (χ0) is 12.5. The average Bonchev–Trinajstić information content (AvgIpc) is 2.38. The van der Waals surface area contributed by atoms with Gasteiger partial charge in [-0.1, -0.05) is 19.1 Å². The third-order valence-electron chi connectivity index (χ3n) is 2.80. The van der Waals surface area contributed by atoms with E-state index in [1.54, 1.807) is 0 Å². The van der Waals surface area contributed by atoms with Crippen molar-refractivity contribution in [3.63, 3.8) is 0 Å². The molecule has 0 heterocycles. The molecule has 0 aliphatic carbocycles. The van der Waals surface area contributed by atoms with Gasteiger partial charge in [0.1, 0.15) is 5.75 Å². The summed E-state index contributed by atoms with van der Waals surface area (Å²) < 4.78 is 5.66. The molecule has 0 fully saturated rings. The fourth-order valence-corrected chi connectivity index (χ4v) is 1.79. The predicted molar refractivity (Wildman–Crippen MR) is 84.2 cm³/mol. The first-order valence-electron chi connectivity index (χ1n) is 6.34. The Morgan fingerprint density at radius 2 is 1.89 bits per heavy atom. The summed E-state index contributed by atoms with van der Waals surface area (Å²) in [6, 6.07) is 8.54. The monoisotopic (exact) mass is 289 g/mol. The van der Waals surface area contributed by atoms with Gasteiger partial charge in [-0.3, -0.25) is 0 Å². The fraction of sp³-hybridized carbons (Fsp3) is 0.571. The maximum absolute atomic E-state index is 5.78. The molecule has 2 nitrogen and oxygen atoms in total. The van der Waals surface area contributed by atoms with E-state index < -0.39 is 0 Å². The van der Waals surface area contributed by atoms with Crippen LogP contribution in [0.15, 0.2) is 24.3 Å². The molecule has 18 heavy (non-hydrogen) atoms. The van der Waals surface area contributed by atoms with E-state index in [2.05, 4.69) is 31.7 Å².